The molecule has 1 atom stereocenters. The maximum absolute atomic E-state index is 10.6. The Bertz CT molecular complexity index is 316. The molecule has 1 aromatic rings. The van der Waals surface area contributed by atoms with Crippen molar-refractivity contribution in [2.24, 2.45) is 0 Å². The van der Waals surface area contributed by atoms with Gasteiger partial charge in [0.1, 0.15) is 0 Å². The van der Waals surface area contributed by atoms with Crippen LogP contribution in [-0.4, -0.2) is 11.1 Å². The van der Waals surface area contributed by atoms with E-state index in [2.05, 4.69) is 6.92 Å². The SMILES string of the molecule is [CH2]C(C(=O)O)c1cc(Cl)cc(Cl)c1. The molecule has 13 heavy (non-hydrogen) atoms. The highest BCUT2D eigenvalue weighted by atomic mass is 35.5. The number of halogens is 2. The zero-order valence-electron chi connectivity index (χ0n) is 6.63. The lowest BCUT2D eigenvalue weighted by Crippen LogP contribution is -2.07. The molecule has 0 saturated heterocycles. The van der Waals surface area contributed by atoms with Crippen LogP contribution in [-0.2, 0) is 4.79 Å². The van der Waals surface area contributed by atoms with Crippen LogP contribution in [0.3, 0.4) is 0 Å². The van der Waals surface area contributed by atoms with E-state index in [0.717, 1.165) is 0 Å². The molecule has 1 radical (unpaired) electrons. The minimum Gasteiger partial charge on any atom is -0.481 e. The van der Waals surface area contributed by atoms with Gasteiger partial charge >= 0.3 is 5.97 Å². The Balaban J connectivity index is 3.07. The Morgan fingerprint density at radius 3 is 2.15 bits per heavy atom. The predicted molar refractivity (Wildman–Crippen MR) is 52.2 cm³/mol. The lowest BCUT2D eigenvalue weighted by Gasteiger charge is -2.06. The number of aliphatic carboxylic acids is 1. The molecule has 0 spiro atoms. The summed E-state index contributed by atoms with van der Waals surface area (Å²) in [6, 6.07) is 4.62. The maximum atomic E-state index is 10.6. The summed E-state index contributed by atoms with van der Waals surface area (Å²) in [6.45, 7) is 3.47. The highest BCUT2D eigenvalue weighted by molar-refractivity contribution is 6.34. The van der Waals surface area contributed by atoms with Crippen molar-refractivity contribution >= 4 is 29.2 Å². The van der Waals surface area contributed by atoms with E-state index in [9.17, 15) is 4.79 Å². The fraction of sp³-hybridized carbons (Fsp3) is 0.111. The van der Waals surface area contributed by atoms with Crippen molar-refractivity contribution in [3.05, 3.63) is 40.7 Å². The largest absolute Gasteiger partial charge is 0.481 e. The average molecular weight is 218 g/mol. The molecule has 69 valence electrons. The Kier molecular flexibility index (Phi) is 3.17. The van der Waals surface area contributed by atoms with Gasteiger partial charge in [0.15, 0.2) is 0 Å². The minimum atomic E-state index is -1.00. The van der Waals surface area contributed by atoms with Gasteiger partial charge in [0, 0.05) is 10.0 Å². The Morgan fingerprint density at radius 1 is 1.31 bits per heavy atom. The van der Waals surface area contributed by atoms with Gasteiger partial charge in [-0.3, -0.25) is 4.79 Å². The van der Waals surface area contributed by atoms with Crippen LogP contribution in [0, 0.1) is 6.92 Å². The molecule has 0 fully saturated rings. The Morgan fingerprint density at radius 2 is 1.77 bits per heavy atom. The molecule has 0 aliphatic rings. The van der Waals surface area contributed by atoms with Gasteiger partial charge < -0.3 is 5.11 Å². The highest BCUT2D eigenvalue weighted by Crippen LogP contribution is 2.24. The first kappa shape index (κ1) is 10.4. The zero-order valence-corrected chi connectivity index (χ0v) is 8.14. The standard InChI is InChI=1S/C9H7Cl2O2/c1-5(9(12)13)6-2-7(10)4-8(11)3-6/h2-5H,1H2,(H,12,13). The summed E-state index contributed by atoms with van der Waals surface area (Å²) in [5.41, 5.74) is 0.505. The van der Waals surface area contributed by atoms with Gasteiger partial charge in [0.25, 0.3) is 0 Å². The molecular formula is C9H7Cl2O2. The van der Waals surface area contributed by atoms with Crippen LogP contribution < -0.4 is 0 Å². The number of carboxylic acids is 1. The molecule has 2 nitrogen and oxygen atoms in total. The van der Waals surface area contributed by atoms with E-state index in [0.29, 0.717) is 15.6 Å². The van der Waals surface area contributed by atoms with Crippen molar-refractivity contribution in [3.8, 4) is 0 Å². The minimum absolute atomic E-state index is 0.414. The molecule has 1 N–H and O–H groups in total. The summed E-state index contributed by atoms with van der Waals surface area (Å²) in [5, 5.41) is 9.50. The summed E-state index contributed by atoms with van der Waals surface area (Å²) in [4.78, 5) is 10.6. The van der Waals surface area contributed by atoms with Crippen molar-refractivity contribution in [1.29, 1.82) is 0 Å². The lowest BCUT2D eigenvalue weighted by molar-refractivity contribution is -0.137. The Hall–Kier alpha value is -0.730. The van der Waals surface area contributed by atoms with Crippen LogP contribution in [0.5, 0.6) is 0 Å². The van der Waals surface area contributed by atoms with Gasteiger partial charge in [0.2, 0.25) is 0 Å². The van der Waals surface area contributed by atoms with E-state index in [1.54, 1.807) is 18.2 Å². The smallest absolute Gasteiger partial charge is 0.310 e. The summed E-state index contributed by atoms with van der Waals surface area (Å²) < 4.78 is 0. The predicted octanol–water partition coefficient (Wildman–Crippen LogP) is 3.00. The van der Waals surface area contributed by atoms with Gasteiger partial charge in [-0.05, 0) is 30.7 Å². The number of carboxylic acid groups (broad SMARTS) is 1. The van der Waals surface area contributed by atoms with Crippen molar-refractivity contribution in [1.82, 2.24) is 0 Å². The van der Waals surface area contributed by atoms with Gasteiger partial charge in [-0.2, -0.15) is 0 Å². The van der Waals surface area contributed by atoms with Gasteiger partial charge in [-0.1, -0.05) is 23.2 Å². The van der Waals surface area contributed by atoms with Crippen LogP contribution in [0.4, 0.5) is 0 Å². The fourth-order valence-corrected chi connectivity index (χ4v) is 1.46. The quantitative estimate of drug-likeness (QED) is 0.828. The van der Waals surface area contributed by atoms with Crippen LogP contribution >= 0.6 is 23.2 Å². The fourth-order valence-electron chi connectivity index (χ4n) is 0.919. The number of hydrogen-bond donors (Lipinski definition) is 1. The summed E-state index contributed by atoms with van der Waals surface area (Å²) in [5.74, 6) is -1.84. The van der Waals surface area contributed by atoms with E-state index < -0.39 is 11.9 Å². The highest BCUT2D eigenvalue weighted by Gasteiger charge is 2.14. The van der Waals surface area contributed by atoms with E-state index in [-0.39, 0.29) is 0 Å². The molecule has 1 rings (SSSR count). The third kappa shape index (κ3) is 2.61. The van der Waals surface area contributed by atoms with Crippen molar-refractivity contribution < 1.29 is 9.90 Å². The molecule has 0 aromatic heterocycles. The molecule has 1 unspecified atom stereocenters. The third-order valence-electron chi connectivity index (χ3n) is 1.59. The molecule has 1 aromatic carbocycles. The summed E-state index contributed by atoms with van der Waals surface area (Å²) in [7, 11) is 0. The molecule has 0 amide bonds. The topological polar surface area (TPSA) is 37.3 Å². The molecule has 0 bridgehead atoms. The van der Waals surface area contributed by atoms with Gasteiger partial charge in [-0.25, -0.2) is 0 Å². The van der Waals surface area contributed by atoms with Crippen molar-refractivity contribution in [2.45, 2.75) is 5.92 Å². The van der Waals surface area contributed by atoms with E-state index >= 15 is 0 Å². The lowest BCUT2D eigenvalue weighted by atomic mass is 10.0. The van der Waals surface area contributed by atoms with E-state index in [4.69, 9.17) is 28.3 Å². The van der Waals surface area contributed by atoms with Crippen LogP contribution in [0.25, 0.3) is 0 Å². The maximum Gasteiger partial charge on any atom is 0.310 e. The molecule has 4 heteroatoms. The first-order valence-electron chi connectivity index (χ1n) is 3.52. The zero-order chi connectivity index (χ0) is 10.0. The van der Waals surface area contributed by atoms with Crippen molar-refractivity contribution in [2.75, 3.05) is 0 Å². The van der Waals surface area contributed by atoms with E-state index in [1.807, 2.05) is 0 Å². The molecule has 0 saturated carbocycles. The van der Waals surface area contributed by atoms with Gasteiger partial charge in [-0.15, -0.1) is 0 Å². The van der Waals surface area contributed by atoms with E-state index in [1.165, 1.54) is 0 Å². The average Bonchev–Trinajstić information content (AvgIpc) is 2.01. The third-order valence-corrected chi connectivity index (χ3v) is 2.02. The Labute approximate surface area is 86.1 Å². The molecule has 0 heterocycles. The number of carbonyl (C=O) groups is 1. The number of rotatable bonds is 2. The molecule has 0 aliphatic carbocycles. The second kappa shape index (κ2) is 3.99. The molecule has 0 aliphatic heterocycles. The van der Waals surface area contributed by atoms with Crippen LogP contribution in [0.2, 0.25) is 10.0 Å². The second-order valence-electron chi connectivity index (χ2n) is 2.59. The first-order valence-corrected chi connectivity index (χ1v) is 4.28. The molecular weight excluding hydrogens is 211 g/mol. The number of hydrogen-bond acceptors (Lipinski definition) is 1. The summed E-state index contributed by atoms with van der Waals surface area (Å²) >= 11 is 11.4. The number of benzene rings is 1. The van der Waals surface area contributed by atoms with Gasteiger partial charge in [0.05, 0.1) is 5.92 Å². The normalized spacial score (nSPS) is 12.5. The van der Waals surface area contributed by atoms with Crippen LogP contribution in [0.15, 0.2) is 18.2 Å². The monoisotopic (exact) mass is 217 g/mol. The first-order chi connectivity index (χ1) is 6.00. The van der Waals surface area contributed by atoms with Crippen molar-refractivity contribution in [3.63, 3.8) is 0 Å². The second-order valence-corrected chi connectivity index (χ2v) is 3.47. The van der Waals surface area contributed by atoms with Crippen LogP contribution in [0.1, 0.15) is 11.5 Å². The summed E-state index contributed by atoms with van der Waals surface area (Å²) in [6.07, 6.45) is 0.